The maximum absolute atomic E-state index is 11.8. The van der Waals surface area contributed by atoms with Crippen LogP contribution in [0.25, 0.3) is 0 Å². The molecule has 1 heterocycles. The zero-order chi connectivity index (χ0) is 15.3. The van der Waals surface area contributed by atoms with Crippen molar-refractivity contribution in [2.75, 3.05) is 18.1 Å². The number of hydrogen-bond donors (Lipinski definition) is 1. The molecule has 112 valence electrons. The first-order chi connectivity index (χ1) is 9.24. The molecule has 0 aromatic carbocycles. The van der Waals surface area contributed by atoms with Crippen LogP contribution < -0.4 is 5.32 Å². The van der Waals surface area contributed by atoms with Crippen LogP contribution in [-0.4, -0.2) is 34.3 Å². The quantitative estimate of drug-likeness (QED) is 0.512. The number of thioether (sulfide) groups is 1. The molecule has 1 rings (SSSR count). The maximum Gasteiger partial charge on any atom is 0.316 e. The standard InChI is InChI=1S/C14H23N3O2S/c1-9(2)11-12(15-6)16-8-17-13(11)20-7-10(18)19-14(3,4)5/h8-9H,7H2,1-6H3,(H,15,16,17). The second kappa shape index (κ2) is 6.92. The van der Waals surface area contributed by atoms with Gasteiger partial charge in [0.15, 0.2) is 0 Å². The molecule has 0 saturated heterocycles. The topological polar surface area (TPSA) is 64.1 Å². The average Bonchev–Trinajstić information content (AvgIpc) is 2.33. The molecular weight excluding hydrogens is 274 g/mol. The first-order valence-corrected chi connectivity index (χ1v) is 7.60. The van der Waals surface area contributed by atoms with E-state index in [2.05, 4.69) is 29.1 Å². The van der Waals surface area contributed by atoms with Crippen LogP contribution >= 0.6 is 11.8 Å². The Bertz CT molecular complexity index is 470. The fourth-order valence-electron chi connectivity index (χ4n) is 1.71. The Kier molecular flexibility index (Phi) is 5.80. The lowest BCUT2D eigenvalue weighted by molar-refractivity contribution is -0.151. The number of nitrogens with one attached hydrogen (secondary N) is 1. The van der Waals surface area contributed by atoms with Gasteiger partial charge in [-0.1, -0.05) is 25.6 Å². The SMILES string of the molecule is CNc1ncnc(SCC(=O)OC(C)(C)C)c1C(C)C. The Morgan fingerprint density at radius 2 is 2.05 bits per heavy atom. The summed E-state index contributed by atoms with van der Waals surface area (Å²) in [6.07, 6.45) is 1.51. The summed E-state index contributed by atoms with van der Waals surface area (Å²) < 4.78 is 5.30. The van der Waals surface area contributed by atoms with Gasteiger partial charge in [0.2, 0.25) is 0 Å². The second-order valence-corrected chi connectivity index (χ2v) is 6.68. The summed E-state index contributed by atoms with van der Waals surface area (Å²) in [6, 6.07) is 0. The summed E-state index contributed by atoms with van der Waals surface area (Å²) in [7, 11) is 1.83. The van der Waals surface area contributed by atoms with Crippen molar-refractivity contribution in [3.63, 3.8) is 0 Å². The van der Waals surface area contributed by atoms with Gasteiger partial charge in [-0.3, -0.25) is 4.79 Å². The molecule has 0 fully saturated rings. The minimum atomic E-state index is -0.458. The van der Waals surface area contributed by atoms with Crippen LogP contribution in [0, 0.1) is 0 Å². The first-order valence-electron chi connectivity index (χ1n) is 6.62. The van der Waals surface area contributed by atoms with Gasteiger partial charge in [0.25, 0.3) is 0 Å². The summed E-state index contributed by atoms with van der Waals surface area (Å²) in [5.41, 5.74) is 0.573. The Morgan fingerprint density at radius 1 is 1.40 bits per heavy atom. The number of nitrogens with zero attached hydrogens (tertiary/aromatic N) is 2. The van der Waals surface area contributed by atoms with Crippen LogP contribution in [0.5, 0.6) is 0 Å². The molecule has 0 aliphatic rings. The van der Waals surface area contributed by atoms with Gasteiger partial charge in [0.1, 0.15) is 22.8 Å². The molecule has 0 radical (unpaired) electrons. The van der Waals surface area contributed by atoms with Gasteiger partial charge in [-0.15, -0.1) is 0 Å². The fraction of sp³-hybridized carbons (Fsp3) is 0.643. The van der Waals surface area contributed by atoms with Gasteiger partial charge in [-0.25, -0.2) is 9.97 Å². The Hall–Kier alpha value is -1.30. The first kappa shape index (κ1) is 16.8. The summed E-state index contributed by atoms with van der Waals surface area (Å²) in [4.78, 5) is 20.3. The van der Waals surface area contributed by atoms with Gasteiger partial charge in [-0.2, -0.15) is 0 Å². The molecule has 0 amide bonds. The van der Waals surface area contributed by atoms with E-state index in [0.717, 1.165) is 16.4 Å². The molecule has 0 atom stereocenters. The van der Waals surface area contributed by atoms with Crippen molar-refractivity contribution in [1.29, 1.82) is 0 Å². The molecule has 0 unspecified atom stereocenters. The number of carbonyl (C=O) groups is 1. The second-order valence-electron chi connectivity index (χ2n) is 5.72. The predicted octanol–water partition coefficient (Wildman–Crippen LogP) is 3.08. The molecule has 1 aromatic heterocycles. The van der Waals surface area contributed by atoms with Gasteiger partial charge < -0.3 is 10.1 Å². The molecular formula is C14H23N3O2S. The highest BCUT2D eigenvalue weighted by molar-refractivity contribution is 7.99. The Morgan fingerprint density at radius 3 is 2.55 bits per heavy atom. The minimum absolute atomic E-state index is 0.234. The largest absolute Gasteiger partial charge is 0.459 e. The molecule has 6 heteroatoms. The van der Waals surface area contributed by atoms with E-state index in [-0.39, 0.29) is 17.6 Å². The zero-order valence-electron chi connectivity index (χ0n) is 13.0. The third kappa shape index (κ3) is 5.00. The lowest BCUT2D eigenvalue weighted by Gasteiger charge is -2.19. The van der Waals surface area contributed by atoms with E-state index in [9.17, 15) is 4.79 Å². The van der Waals surface area contributed by atoms with Gasteiger partial charge >= 0.3 is 5.97 Å². The van der Waals surface area contributed by atoms with Crippen LogP contribution in [0.1, 0.15) is 46.1 Å². The predicted molar refractivity (Wildman–Crippen MR) is 82.2 cm³/mol. The Balaban J connectivity index is 2.80. The number of hydrogen-bond acceptors (Lipinski definition) is 6. The molecule has 20 heavy (non-hydrogen) atoms. The summed E-state index contributed by atoms with van der Waals surface area (Å²) >= 11 is 1.39. The smallest absolute Gasteiger partial charge is 0.316 e. The highest BCUT2D eigenvalue weighted by Crippen LogP contribution is 2.31. The molecule has 0 saturated carbocycles. The van der Waals surface area contributed by atoms with Crippen molar-refractivity contribution in [2.24, 2.45) is 0 Å². The van der Waals surface area contributed by atoms with Crippen LogP contribution in [0.2, 0.25) is 0 Å². The number of aromatic nitrogens is 2. The minimum Gasteiger partial charge on any atom is -0.459 e. The van der Waals surface area contributed by atoms with Gasteiger partial charge in [0, 0.05) is 12.6 Å². The van der Waals surface area contributed by atoms with Gasteiger partial charge in [-0.05, 0) is 26.7 Å². The van der Waals surface area contributed by atoms with E-state index in [1.807, 2.05) is 27.8 Å². The lowest BCUT2D eigenvalue weighted by atomic mass is 10.1. The van der Waals surface area contributed by atoms with E-state index in [1.54, 1.807) is 0 Å². The molecule has 1 aromatic rings. The third-order valence-corrected chi connectivity index (χ3v) is 3.39. The number of esters is 1. The molecule has 5 nitrogen and oxygen atoms in total. The third-order valence-electron chi connectivity index (χ3n) is 2.41. The number of anilines is 1. The highest BCUT2D eigenvalue weighted by atomic mass is 32.2. The fourth-order valence-corrected chi connectivity index (χ4v) is 2.64. The van der Waals surface area contributed by atoms with Crippen LogP contribution in [0.3, 0.4) is 0 Å². The van der Waals surface area contributed by atoms with Crippen LogP contribution in [0.15, 0.2) is 11.4 Å². The molecule has 0 spiro atoms. The zero-order valence-corrected chi connectivity index (χ0v) is 13.8. The number of ether oxygens (including phenoxy) is 1. The summed E-state index contributed by atoms with van der Waals surface area (Å²) in [6.45, 7) is 9.74. The summed E-state index contributed by atoms with van der Waals surface area (Å²) in [5, 5.41) is 3.89. The van der Waals surface area contributed by atoms with Crippen molar-refractivity contribution in [1.82, 2.24) is 9.97 Å². The maximum atomic E-state index is 11.8. The van der Waals surface area contributed by atoms with Crippen molar-refractivity contribution in [2.45, 2.75) is 51.2 Å². The van der Waals surface area contributed by atoms with E-state index in [1.165, 1.54) is 18.1 Å². The van der Waals surface area contributed by atoms with Gasteiger partial charge in [0.05, 0.1) is 5.75 Å². The molecule has 0 aliphatic heterocycles. The highest BCUT2D eigenvalue weighted by Gasteiger charge is 2.19. The number of carbonyl (C=O) groups excluding carboxylic acids is 1. The van der Waals surface area contributed by atoms with Crippen molar-refractivity contribution >= 4 is 23.5 Å². The van der Waals surface area contributed by atoms with E-state index in [4.69, 9.17) is 4.74 Å². The van der Waals surface area contributed by atoms with Crippen molar-refractivity contribution < 1.29 is 9.53 Å². The van der Waals surface area contributed by atoms with Crippen LogP contribution in [0.4, 0.5) is 5.82 Å². The van der Waals surface area contributed by atoms with Crippen molar-refractivity contribution in [3.05, 3.63) is 11.9 Å². The lowest BCUT2D eigenvalue weighted by Crippen LogP contribution is -2.25. The number of rotatable bonds is 5. The monoisotopic (exact) mass is 297 g/mol. The van der Waals surface area contributed by atoms with Crippen LogP contribution in [-0.2, 0) is 9.53 Å². The van der Waals surface area contributed by atoms with E-state index < -0.39 is 5.60 Å². The Labute approximate surface area is 124 Å². The summed E-state index contributed by atoms with van der Waals surface area (Å²) in [5.74, 6) is 1.10. The normalized spacial score (nSPS) is 11.6. The molecule has 1 N–H and O–H groups in total. The van der Waals surface area contributed by atoms with E-state index in [0.29, 0.717) is 0 Å². The van der Waals surface area contributed by atoms with E-state index >= 15 is 0 Å². The van der Waals surface area contributed by atoms with Crippen molar-refractivity contribution in [3.8, 4) is 0 Å². The average molecular weight is 297 g/mol. The molecule has 0 bridgehead atoms. The molecule has 0 aliphatic carbocycles.